The highest BCUT2D eigenvalue weighted by atomic mass is 32.2. The Kier molecular flexibility index (Phi) is 5.49. The monoisotopic (exact) mass is 412 g/mol. The molecule has 2 N–H and O–H groups in total. The SMILES string of the molecule is Cc1ccc(NC(=O)c2cccc(S(=O)(=O)NCC3CC3)c2)cc1C(F)(F)F. The third kappa shape index (κ3) is 4.90. The van der Waals surface area contributed by atoms with Crippen LogP contribution in [0.15, 0.2) is 47.4 Å². The molecular formula is C19H19F3N2O3S. The zero-order chi connectivity index (χ0) is 20.5. The Hall–Kier alpha value is -2.39. The highest BCUT2D eigenvalue weighted by molar-refractivity contribution is 7.89. The fraction of sp³-hybridized carbons (Fsp3) is 0.316. The van der Waals surface area contributed by atoms with Crippen LogP contribution < -0.4 is 10.0 Å². The van der Waals surface area contributed by atoms with Crippen molar-refractivity contribution in [3.05, 3.63) is 59.2 Å². The van der Waals surface area contributed by atoms with E-state index in [1.807, 2.05) is 0 Å². The summed E-state index contributed by atoms with van der Waals surface area (Å²) in [4.78, 5) is 12.3. The largest absolute Gasteiger partial charge is 0.416 e. The van der Waals surface area contributed by atoms with E-state index in [1.165, 1.54) is 43.3 Å². The van der Waals surface area contributed by atoms with E-state index < -0.39 is 27.7 Å². The van der Waals surface area contributed by atoms with Crippen LogP contribution in [0, 0.1) is 12.8 Å². The van der Waals surface area contributed by atoms with E-state index in [4.69, 9.17) is 0 Å². The molecule has 0 aromatic heterocycles. The Bertz CT molecular complexity index is 1000. The highest BCUT2D eigenvalue weighted by Gasteiger charge is 2.32. The minimum atomic E-state index is -4.54. The molecule has 5 nitrogen and oxygen atoms in total. The van der Waals surface area contributed by atoms with E-state index in [1.54, 1.807) is 0 Å². The van der Waals surface area contributed by atoms with Crippen LogP contribution >= 0.6 is 0 Å². The number of nitrogens with one attached hydrogen (secondary N) is 2. The van der Waals surface area contributed by atoms with Crippen LogP contribution in [0.5, 0.6) is 0 Å². The van der Waals surface area contributed by atoms with E-state index in [9.17, 15) is 26.4 Å². The van der Waals surface area contributed by atoms with Crippen molar-refractivity contribution in [3.63, 3.8) is 0 Å². The van der Waals surface area contributed by atoms with Crippen LogP contribution in [-0.4, -0.2) is 20.9 Å². The molecule has 1 fully saturated rings. The number of carbonyl (C=O) groups is 1. The molecule has 1 aliphatic rings. The van der Waals surface area contributed by atoms with Gasteiger partial charge in [-0.15, -0.1) is 0 Å². The molecule has 28 heavy (non-hydrogen) atoms. The molecule has 0 bridgehead atoms. The lowest BCUT2D eigenvalue weighted by Crippen LogP contribution is -2.26. The number of aryl methyl sites for hydroxylation is 1. The average Bonchev–Trinajstić information content (AvgIpc) is 3.45. The summed E-state index contributed by atoms with van der Waals surface area (Å²) < 4.78 is 66.2. The van der Waals surface area contributed by atoms with E-state index in [2.05, 4.69) is 10.0 Å². The minimum absolute atomic E-state index is 0.0250. The van der Waals surface area contributed by atoms with Gasteiger partial charge in [-0.25, -0.2) is 13.1 Å². The number of benzene rings is 2. The Balaban J connectivity index is 1.78. The predicted molar refractivity (Wildman–Crippen MR) is 98.5 cm³/mol. The van der Waals surface area contributed by atoms with Crippen molar-refractivity contribution in [1.29, 1.82) is 0 Å². The Morgan fingerprint density at radius 1 is 1.14 bits per heavy atom. The molecule has 0 spiro atoms. The van der Waals surface area contributed by atoms with Crippen molar-refractivity contribution in [2.75, 3.05) is 11.9 Å². The van der Waals surface area contributed by atoms with Gasteiger partial charge < -0.3 is 5.32 Å². The first kappa shape index (κ1) is 20.3. The van der Waals surface area contributed by atoms with E-state index in [-0.39, 0.29) is 21.7 Å². The molecule has 2 aromatic carbocycles. The maximum Gasteiger partial charge on any atom is 0.416 e. The normalized spacial score (nSPS) is 14.7. The van der Waals surface area contributed by atoms with Crippen molar-refractivity contribution >= 4 is 21.6 Å². The maximum atomic E-state index is 13.0. The van der Waals surface area contributed by atoms with Gasteiger partial charge in [0, 0.05) is 17.8 Å². The molecule has 150 valence electrons. The van der Waals surface area contributed by atoms with Crippen LogP contribution in [0.3, 0.4) is 0 Å². The second kappa shape index (κ2) is 7.56. The van der Waals surface area contributed by atoms with Crippen LogP contribution in [0.25, 0.3) is 0 Å². The summed E-state index contributed by atoms with van der Waals surface area (Å²) >= 11 is 0. The predicted octanol–water partition coefficient (Wildman–Crippen LogP) is 3.95. The molecule has 0 radical (unpaired) electrons. The van der Waals surface area contributed by atoms with Crippen molar-refractivity contribution in [2.45, 2.75) is 30.8 Å². The first-order valence-corrected chi connectivity index (χ1v) is 10.1. The molecule has 0 atom stereocenters. The van der Waals surface area contributed by atoms with Crippen molar-refractivity contribution < 1.29 is 26.4 Å². The fourth-order valence-corrected chi connectivity index (χ4v) is 3.81. The van der Waals surface area contributed by atoms with Crippen molar-refractivity contribution in [2.24, 2.45) is 5.92 Å². The fourth-order valence-electron chi connectivity index (χ4n) is 2.65. The van der Waals surface area contributed by atoms with Crippen LogP contribution in [0.1, 0.15) is 34.3 Å². The van der Waals surface area contributed by atoms with E-state index >= 15 is 0 Å². The first-order chi connectivity index (χ1) is 13.1. The molecule has 0 unspecified atom stereocenters. The quantitative estimate of drug-likeness (QED) is 0.754. The topological polar surface area (TPSA) is 75.3 Å². The number of hydrogen-bond donors (Lipinski definition) is 2. The molecule has 3 rings (SSSR count). The van der Waals surface area contributed by atoms with Gasteiger partial charge in [-0.2, -0.15) is 13.2 Å². The molecule has 1 saturated carbocycles. The van der Waals surface area contributed by atoms with Gasteiger partial charge in [0.25, 0.3) is 5.91 Å². The Morgan fingerprint density at radius 2 is 1.86 bits per heavy atom. The number of carbonyl (C=O) groups excluding carboxylic acids is 1. The van der Waals surface area contributed by atoms with Crippen molar-refractivity contribution in [1.82, 2.24) is 4.72 Å². The number of amides is 1. The number of hydrogen-bond acceptors (Lipinski definition) is 3. The summed E-state index contributed by atoms with van der Waals surface area (Å²) in [5, 5.41) is 2.38. The third-order valence-corrected chi connectivity index (χ3v) is 5.89. The number of sulfonamides is 1. The lowest BCUT2D eigenvalue weighted by Gasteiger charge is -2.13. The van der Waals surface area contributed by atoms with Crippen LogP contribution in [0.4, 0.5) is 18.9 Å². The van der Waals surface area contributed by atoms with Crippen LogP contribution in [-0.2, 0) is 16.2 Å². The second-order valence-electron chi connectivity index (χ2n) is 6.80. The van der Waals surface area contributed by atoms with Gasteiger partial charge in [0.2, 0.25) is 10.0 Å². The van der Waals surface area contributed by atoms with Gasteiger partial charge in [-0.05, 0) is 61.6 Å². The summed E-state index contributed by atoms with van der Waals surface area (Å²) in [7, 11) is -3.75. The zero-order valence-corrected chi connectivity index (χ0v) is 15.8. The Morgan fingerprint density at radius 3 is 2.50 bits per heavy atom. The first-order valence-electron chi connectivity index (χ1n) is 8.65. The van der Waals surface area contributed by atoms with E-state index in [0.717, 1.165) is 18.9 Å². The minimum Gasteiger partial charge on any atom is -0.322 e. The smallest absolute Gasteiger partial charge is 0.322 e. The lowest BCUT2D eigenvalue weighted by molar-refractivity contribution is -0.138. The summed E-state index contributed by atoms with van der Waals surface area (Å²) in [5.74, 6) is -0.346. The lowest BCUT2D eigenvalue weighted by atomic mass is 10.1. The molecule has 0 heterocycles. The number of anilines is 1. The Labute approximate surface area is 161 Å². The summed E-state index contributed by atoms with van der Waals surface area (Å²) in [6.07, 6.45) is -2.56. The third-order valence-electron chi connectivity index (χ3n) is 4.47. The zero-order valence-electron chi connectivity index (χ0n) is 15.0. The highest BCUT2D eigenvalue weighted by Crippen LogP contribution is 2.33. The summed E-state index contributed by atoms with van der Waals surface area (Å²) in [6, 6.07) is 8.85. The summed E-state index contributed by atoms with van der Waals surface area (Å²) in [5.41, 5.74) is -0.794. The van der Waals surface area contributed by atoms with Gasteiger partial charge in [0.05, 0.1) is 10.5 Å². The molecule has 2 aromatic rings. The van der Waals surface area contributed by atoms with Gasteiger partial charge in [-0.1, -0.05) is 12.1 Å². The molecule has 1 amide bonds. The van der Waals surface area contributed by atoms with Crippen LogP contribution in [0.2, 0.25) is 0 Å². The molecule has 9 heteroatoms. The maximum absolute atomic E-state index is 13.0. The average molecular weight is 412 g/mol. The van der Waals surface area contributed by atoms with Crippen molar-refractivity contribution in [3.8, 4) is 0 Å². The second-order valence-corrected chi connectivity index (χ2v) is 8.57. The number of rotatable bonds is 6. The number of halogens is 3. The standard InChI is InChI=1S/C19H19F3N2O3S/c1-12-5-8-15(10-17(12)19(20,21)22)24-18(25)14-3-2-4-16(9-14)28(26,27)23-11-13-6-7-13/h2-5,8-10,13,23H,6-7,11H2,1H3,(H,24,25). The van der Waals surface area contributed by atoms with Gasteiger partial charge in [0.15, 0.2) is 0 Å². The van der Waals surface area contributed by atoms with Gasteiger partial charge >= 0.3 is 6.18 Å². The molecular weight excluding hydrogens is 393 g/mol. The van der Waals surface area contributed by atoms with E-state index in [0.29, 0.717) is 12.5 Å². The molecule has 0 aliphatic heterocycles. The van der Waals surface area contributed by atoms with Gasteiger partial charge in [-0.3, -0.25) is 4.79 Å². The van der Waals surface area contributed by atoms with Gasteiger partial charge in [0.1, 0.15) is 0 Å². The molecule has 0 saturated heterocycles. The summed E-state index contributed by atoms with van der Waals surface area (Å²) in [6.45, 7) is 1.68. The molecule has 1 aliphatic carbocycles. The number of alkyl halides is 3.